The molecule has 144 valence electrons. The first-order valence-corrected chi connectivity index (χ1v) is 10.5. The molecule has 1 atom stereocenters. The fourth-order valence-electron chi connectivity index (χ4n) is 3.64. The lowest BCUT2D eigenvalue weighted by Gasteiger charge is -2.52. The summed E-state index contributed by atoms with van der Waals surface area (Å²) >= 11 is 0. The van der Waals surface area contributed by atoms with Crippen molar-refractivity contribution in [3.63, 3.8) is 0 Å². The van der Waals surface area contributed by atoms with Crippen LogP contribution in [0.4, 0.5) is 0 Å². The number of sulfonamides is 1. The van der Waals surface area contributed by atoms with Gasteiger partial charge in [0.2, 0.25) is 10.0 Å². The minimum atomic E-state index is -3.52. The van der Waals surface area contributed by atoms with E-state index in [0.717, 1.165) is 17.8 Å². The maximum absolute atomic E-state index is 12.7. The third kappa shape index (κ3) is 3.89. The van der Waals surface area contributed by atoms with E-state index >= 15 is 0 Å². The van der Waals surface area contributed by atoms with E-state index in [4.69, 9.17) is 9.47 Å². The standard InChI is InChI=1S/C19H23N3O4S/c1-15-4-2-5-16(21-15)12-25-17-7-9-26-19(10-17)13-22(14-19)27(23,24)18-6-3-8-20-11-18/h2-6,8,11,17H,7,9-10,12-14H2,1H3/t17-/m1/s1. The number of aromatic nitrogens is 2. The Morgan fingerprint density at radius 1 is 1.30 bits per heavy atom. The van der Waals surface area contributed by atoms with E-state index in [1.807, 2.05) is 25.1 Å². The summed E-state index contributed by atoms with van der Waals surface area (Å²) in [6, 6.07) is 9.07. The molecule has 2 aromatic heterocycles. The molecule has 4 heterocycles. The average molecular weight is 389 g/mol. The van der Waals surface area contributed by atoms with Gasteiger partial charge in [0.25, 0.3) is 0 Å². The molecule has 1 spiro atoms. The smallest absolute Gasteiger partial charge is 0.244 e. The lowest BCUT2D eigenvalue weighted by Crippen LogP contribution is -2.67. The normalized spacial score (nSPS) is 22.5. The molecule has 2 aliphatic heterocycles. The highest BCUT2D eigenvalue weighted by Gasteiger charge is 2.52. The van der Waals surface area contributed by atoms with Gasteiger partial charge in [-0.1, -0.05) is 6.07 Å². The predicted molar refractivity (Wildman–Crippen MR) is 98.5 cm³/mol. The lowest BCUT2D eigenvalue weighted by atomic mass is 9.86. The van der Waals surface area contributed by atoms with E-state index in [9.17, 15) is 8.42 Å². The van der Waals surface area contributed by atoms with Crippen molar-refractivity contribution in [1.82, 2.24) is 14.3 Å². The fraction of sp³-hybridized carbons (Fsp3) is 0.474. The summed E-state index contributed by atoms with van der Waals surface area (Å²) in [5.74, 6) is 0. The number of rotatable bonds is 5. The monoisotopic (exact) mass is 389 g/mol. The zero-order valence-corrected chi connectivity index (χ0v) is 16.1. The summed E-state index contributed by atoms with van der Waals surface area (Å²) in [5, 5.41) is 0. The topological polar surface area (TPSA) is 81.6 Å². The highest BCUT2D eigenvalue weighted by Crippen LogP contribution is 2.38. The Labute approximate surface area is 159 Å². The predicted octanol–water partition coefficient (Wildman–Crippen LogP) is 1.92. The number of hydrogen-bond donors (Lipinski definition) is 0. The summed E-state index contributed by atoms with van der Waals surface area (Å²) in [4.78, 5) is 8.58. The molecular weight excluding hydrogens is 366 g/mol. The van der Waals surface area contributed by atoms with Crippen molar-refractivity contribution in [1.29, 1.82) is 0 Å². The maximum atomic E-state index is 12.7. The summed E-state index contributed by atoms with van der Waals surface area (Å²) in [5.41, 5.74) is 1.43. The molecule has 27 heavy (non-hydrogen) atoms. The van der Waals surface area contributed by atoms with Gasteiger partial charge in [-0.2, -0.15) is 4.31 Å². The van der Waals surface area contributed by atoms with Crippen molar-refractivity contribution in [3.05, 3.63) is 54.1 Å². The van der Waals surface area contributed by atoms with E-state index in [-0.39, 0.29) is 11.0 Å². The number of hydrogen-bond acceptors (Lipinski definition) is 6. The molecule has 4 rings (SSSR count). The van der Waals surface area contributed by atoms with Crippen LogP contribution >= 0.6 is 0 Å². The maximum Gasteiger partial charge on any atom is 0.244 e. The van der Waals surface area contributed by atoms with Gasteiger partial charge in [0.15, 0.2) is 0 Å². The molecule has 0 radical (unpaired) electrons. The van der Waals surface area contributed by atoms with Gasteiger partial charge in [-0.3, -0.25) is 9.97 Å². The van der Waals surface area contributed by atoms with Gasteiger partial charge in [0.1, 0.15) is 4.90 Å². The van der Waals surface area contributed by atoms with Gasteiger partial charge < -0.3 is 9.47 Å². The van der Waals surface area contributed by atoms with Crippen molar-refractivity contribution in [2.45, 2.75) is 43.0 Å². The number of pyridine rings is 2. The van der Waals surface area contributed by atoms with Crippen LogP contribution < -0.4 is 0 Å². The van der Waals surface area contributed by atoms with Gasteiger partial charge in [-0.25, -0.2) is 8.42 Å². The summed E-state index contributed by atoms with van der Waals surface area (Å²) < 4.78 is 38.8. The molecule has 7 nitrogen and oxygen atoms in total. The van der Waals surface area contributed by atoms with Crippen LogP contribution in [0, 0.1) is 6.92 Å². The summed E-state index contributed by atoms with van der Waals surface area (Å²) in [7, 11) is -3.52. The quantitative estimate of drug-likeness (QED) is 0.777. The van der Waals surface area contributed by atoms with Crippen LogP contribution in [0.1, 0.15) is 24.2 Å². The molecule has 2 saturated heterocycles. The third-order valence-electron chi connectivity index (χ3n) is 5.06. The minimum absolute atomic E-state index is 0.0457. The first-order valence-electron chi connectivity index (χ1n) is 9.05. The van der Waals surface area contributed by atoms with Crippen LogP contribution in [0.25, 0.3) is 0 Å². The van der Waals surface area contributed by atoms with Gasteiger partial charge >= 0.3 is 0 Å². The van der Waals surface area contributed by atoms with E-state index in [1.165, 1.54) is 10.5 Å². The molecule has 0 aliphatic carbocycles. The molecule has 2 aromatic rings. The van der Waals surface area contributed by atoms with Crippen LogP contribution in [0.2, 0.25) is 0 Å². The molecular formula is C19H23N3O4S. The second-order valence-corrected chi connectivity index (χ2v) is 9.13. The fourth-order valence-corrected chi connectivity index (χ4v) is 5.20. The first-order chi connectivity index (χ1) is 13.0. The van der Waals surface area contributed by atoms with Gasteiger partial charge in [-0.15, -0.1) is 0 Å². The number of ether oxygens (including phenoxy) is 2. The Kier molecular flexibility index (Phi) is 4.98. The molecule has 0 unspecified atom stereocenters. The van der Waals surface area contributed by atoms with Crippen LogP contribution in [0.3, 0.4) is 0 Å². The van der Waals surface area contributed by atoms with E-state index in [1.54, 1.807) is 18.3 Å². The van der Waals surface area contributed by atoms with E-state index in [2.05, 4.69) is 9.97 Å². The Hall–Kier alpha value is -1.87. The van der Waals surface area contributed by atoms with Crippen LogP contribution in [-0.2, 0) is 26.1 Å². The van der Waals surface area contributed by atoms with Gasteiger partial charge in [-0.05, 0) is 37.6 Å². The van der Waals surface area contributed by atoms with E-state index in [0.29, 0.717) is 32.7 Å². The minimum Gasteiger partial charge on any atom is -0.372 e. The van der Waals surface area contributed by atoms with Crippen molar-refractivity contribution in [3.8, 4) is 0 Å². The number of nitrogens with zero attached hydrogens (tertiary/aromatic N) is 3. The van der Waals surface area contributed by atoms with Crippen LogP contribution in [-0.4, -0.2) is 54.1 Å². The highest BCUT2D eigenvalue weighted by molar-refractivity contribution is 7.89. The van der Waals surface area contributed by atoms with E-state index < -0.39 is 15.6 Å². The third-order valence-corrected chi connectivity index (χ3v) is 6.84. The molecule has 0 amide bonds. The zero-order valence-electron chi connectivity index (χ0n) is 15.2. The van der Waals surface area contributed by atoms with Crippen molar-refractivity contribution in [2.24, 2.45) is 0 Å². The number of aryl methyl sites for hydroxylation is 1. The second kappa shape index (κ2) is 7.27. The van der Waals surface area contributed by atoms with Gasteiger partial charge in [0.05, 0.1) is 24.0 Å². The zero-order chi connectivity index (χ0) is 18.9. The Morgan fingerprint density at radius 2 is 2.15 bits per heavy atom. The molecule has 2 aliphatic rings. The Morgan fingerprint density at radius 3 is 2.89 bits per heavy atom. The first kappa shape index (κ1) is 18.5. The lowest BCUT2D eigenvalue weighted by molar-refractivity contribution is -0.180. The summed E-state index contributed by atoms with van der Waals surface area (Å²) in [6.07, 6.45) is 4.49. The van der Waals surface area contributed by atoms with Gasteiger partial charge in [0, 0.05) is 44.2 Å². The SMILES string of the molecule is Cc1cccc(CO[C@@H]2CCOC3(C2)CN(S(=O)(=O)c2cccnc2)C3)n1. The van der Waals surface area contributed by atoms with Crippen molar-refractivity contribution in [2.75, 3.05) is 19.7 Å². The largest absolute Gasteiger partial charge is 0.372 e. The molecule has 0 N–H and O–H groups in total. The molecule has 8 heteroatoms. The van der Waals surface area contributed by atoms with Crippen LogP contribution in [0.5, 0.6) is 0 Å². The second-order valence-electron chi connectivity index (χ2n) is 7.19. The molecule has 0 bridgehead atoms. The molecule has 2 fully saturated rings. The average Bonchev–Trinajstić information content (AvgIpc) is 2.65. The van der Waals surface area contributed by atoms with Crippen LogP contribution in [0.15, 0.2) is 47.6 Å². The Balaban J connectivity index is 1.35. The van der Waals surface area contributed by atoms with Crippen molar-refractivity contribution >= 4 is 10.0 Å². The highest BCUT2D eigenvalue weighted by atomic mass is 32.2. The Bertz CT molecular complexity index is 898. The molecule has 0 aromatic carbocycles. The summed E-state index contributed by atoms with van der Waals surface area (Å²) in [6.45, 7) is 3.70. The molecule has 0 saturated carbocycles. The van der Waals surface area contributed by atoms with Crippen molar-refractivity contribution < 1.29 is 17.9 Å².